The molecule has 0 bridgehead atoms. The van der Waals surface area contributed by atoms with Gasteiger partial charge < -0.3 is 20.2 Å². The minimum Gasteiger partial charge on any atom is -0.480 e. The molecule has 6 nitrogen and oxygen atoms in total. The zero-order chi connectivity index (χ0) is 16.0. The number of likely N-dealkylation sites (tertiary alicyclic amines) is 1. The van der Waals surface area contributed by atoms with Gasteiger partial charge in [0.15, 0.2) is 0 Å². The van der Waals surface area contributed by atoms with E-state index in [1.54, 1.807) is 0 Å². The lowest BCUT2D eigenvalue weighted by molar-refractivity contribution is -0.143. The van der Waals surface area contributed by atoms with Crippen LogP contribution in [0.3, 0.4) is 0 Å². The van der Waals surface area contributed by atoms with Gasteiger partial charge in [0.2, 0.25) is 0 Å². The number of hydrogen-bond donors (Lipinski definition) is 2. The molecule has 2 N–H and O–H groups in total. The molecule has 21 heavy (non-hydrogen) atoms. The number of nitrogens with one attached hydrogen (secondary N) is 1. The zero-order valence-corrected chi connectivity index (χ0v) is 13.6. The van der Waals surface area contributed by atoms with Crippen molar-refractivity contribution < 1.29 is 14.7 Å². The second-order valence-electron chi connectivity index (χ2n) is 6.01. The first kappa shape index (κ1) is 17.8. The monoisotopic (exact) mass is 299 g/mol. The number of carboxylic acids is 1. The molecule has 3 atom stereocenters. The number of carbonyl (C=O) groups excluding carboxylic acids is 1. The molecule has 0 aromatic rings. The average molecular weight is 299 g/mol. The van der Waals surface area contributed by atoms with Crippen LogP contribution in [0.1, 0.15) is 40.5 Å². The molecule has 0 spiro atoms. The molecule has 3 unspecified atom stereocenters. The van der Waals surface area contributed by atoms with Gasteiger partial charge in [-0.2, -0.15) is 0 Å². The third-order valence-electron chi connectivity index (χ3n) is 4.21. The SMILES string of the molecule is CCN(CC)CC(C)NC(=O)N1CCC(C)CC1C(=O)O. The number of carbonyl (C=O) groups is 2. The summed E-state index contributed by atoms with van der Waals surface area (Å²) in [5.41, 5.74) is 0. The highest BCUT2D eigenvalue weighted by Gasteiger charge is 2.35. The van der Waals surface area contributed by atoms with E-state index in [-0.39, 0.29) is 12.1 Å². The largest absolute Gasteiger partial charge is 0.480 e. The minimum absolute atomic E-state index is 0.00574. The number of amides is 2. The second kappa shape index (κ2) is 8.22. The smallest absolute Gasteiger partial charge is 0.326 e. The summed E-state index contributed by atoms with van der Waals surface area (Å²) in [5.74, 6) is -0.559. The van der Waals surface area contributed by atoms with E-state index >= 15 is 0 Å². The van der Waals surface area contributed by atoms with E-state index in [4.69, 9.17) is 0 Å². The Bertz CT molecular complexity index is 358. The molecule has 6 heteroatoms. The van der Waals surface area contributed by atoms with Crippen molar-refractivity contribution in [1.82, 2.24) is 15.1 Å². The van der Waals surface area contributed by atoms with Crippen molar-refractivity contribution in [3.05, 3.63) is 0 Å². The lowest BCUT2D eigenvalue weighted by Gasteiger charge is -2.37. The molecule has 1 fully saturated rings. The highest BCUT2D eigenvalue weighted by molar-refractivity contribution is 5.83. The van der Waals surface area contributed by atoms with Crippen LogP contribution in [0.15, 0.2) is 0 Å². The molecular weight excluding hydrogens is 270 g/mol. The molecule has 0 aliphatic carbocycles. The number of rotatable bonds is 6. The first-order valence-electron chi connectivity index (χ1n) is 7.91. The van der Waals surface area contributed by atoms with Crippen LogP contribution in [0.4, 0.5) is 4.79 Å². The summed E-state index contributed by atoms with van der Waals surface area (Å²) >= 11 is 0. The van der Waals surface area contributed by atoms with Crippen molar-refractivity contribution >= 4 is 12.0 Å². The fourth-order valence-electron chi connectivity index (χ4n) is 2.83. The number of carboxylic acid groups (broad SMARTS) is 1. The van der Waals surface area contributed by atoms with Gasteiger partial charge in [-0.3, -0.25) is 0 Å². The van der Waals surface area contributed by atoms with Crippen LogP contribution in [-0.4, -0.2) is 65.2 Å². The van der Waals surface area contributed by atoms with Gasteiger partial charge in [0, 0.05) is 19.1 Å². The van der Waals surface area contributed by atoms with Crippen molar-refractivity contribution in [3.8, 4) is 0 Å². The lowest BCUT2D eigenvalue weighted by Crippen LogP contribution is -2.55. The van der Waals surface area contributed by atoms with Crippen molar-refractivity contribution in [3.63, 3.8) is 0 Å². The molecule has 2 amide bonds. The van der Waals surface area contributed by atoms with Gasteiger partial charge >= 0.3 is 12.0 Å². The zero-order valence-electron chi connectivity index (χ0n) is 13.6. The minimum atomic E-state index is -0.909. The van der Waals surface area contributed by atoms with Crippen LogP contribution in [-0.2, 0) is 4.79 Å². The highest BCUT2D eigenvalue weighted by atomic mass is 16.4. The van der Waals surface area contributed by atoms with Gasteiger partial charge in [-0.1, -0.05) is 20.8 Å². The fraction of sp³-hybridized carbons (Fsp3) is 0.867. The normalized spacial score (nSPS) is 24.0. The Labute approximate surface area is 127 Å². The standard InChI is InChI=1S/C15H29N3O3/c1-5-17(6-2)10-12(4)16-15(21)18-8-7-11(3)9-13(18)14(19)20/h11-13H,5-10H2,1-4H3,(H,16,21)(H,19,20). The number of piperidine rings is 1. The molecular formula is C15H29N3O3. The van der Waals surface area contributed by atoms with Crippen molar-refractivity contribution in [2.24, 2.45) is 5.92 Å². The molecule has 0 saturated carbocycles. The van der Waals surface area contributed by atoms with Gasteiger partial charge in [-0.15, -0.1) is 0 Å². The number of hydrogen-bond acceptors (Lipinski definition) is 3. The molecule has 1 aliphatic rings. The summed E-state index contributed by atoms with van der Waals surface area (Å²) in [7, 11) is 0. The van der Waals surface area contributed by atoms with E-state index in [0.29, 0.717) is 18.9 Å². The fourth-order valence-corrected chi connectivity index (χ4v) is 2.83. The molecule has 122 valence electrons. The van der Waals surface area contributed by atoms with Crippen LogP contribution < -0.4 is 5.32 Å². The second-order valence-corrected chi connectivity index (χ2v) is 6.01. The molecule has 1 saturated heterocycles. The van der Waals surface area contributed by atoms with Crippen LogP contribution in [0, 0.1) is 5.92 Å². The van der Waals surface area contributed by atoms with E-state index in [0.717, 1.165) is 26.1 Å². The van der Waals surface area contributed by atoms with E-state index in [1.165, 1.54) is 4.90 Å². The summed E-state index contributed by atoms with van der Waals surface area (Å²) in [6.07, 6.45) is 1.40. The van der Waals surface area contributed by atoms with Crippen LogP contribution in [0.2, 0.25) is 0 Å². The van der Waals surface area contributed by atoms with Gasteiger partial charge in [0.1, 0.15) is 6.04 Å². The highest BCUT2D eigenvalue weighted by Crippen LogP contribution is 2.22. The van der Waals surface area contributed by atoms with Crippen LogP contribution >= 0.6 is 0 Å². The first-order valence-corrected chi connectivity index (χ1v) is 7.91. The Morgan fingerprint density at radius 1 is 1.38 bits per heavy atom. The van der Waals surface area contributed by atoms with Gasteiger partial charge in [-0.25, -0.2) is 9.59 Å². The van der Waals surface area contributed by atoms with Crippen molar-refractivity contribution in [2.75, 3.05) is 26.2 Å². The van der Waals surface area contributed by atoms with Crippen LogP contribution in [0.5, 0.6) is 0 Å². The van der Waals surface area contributed by atoms with Gasteiger partial charge in [-0.05, 0) is 38.8 Å². The lowest BCUT2D eigenvalue weighted by atomic mass is 9.93. The summed E-state index contributed by atoms with van der Waals surface area (Å²) < 4.78 is 0. The number of aliphatic carboxylic acids is 1. The quantitative estimate of drug-likeness (QED) is 0.781. The number of nitrogens with zero attached hydrogens (tertiary/aromatic N) is 2. The van der Waals surface area contributed by atoms with E-state index in [9.17, 15) is 14.7 Å². The Hall–Kier alpha value is -1.30. The molecule has 0 radical (unpaired) electrons. The van der Waals surface area contributed by atoms with E-state index < -0.39 is 12.0 Å². The van der Waals surface area contributed by atoms with E-state index in [1.807, 2.05) is 13.8 Å². The maximum atomic E-state index is 12.3. The molecule has 1 rings (SSSR count). The van der Waals surface area contributed by atoms with Gasteiger partial charge in [0.05, 0.1) is 0 Å². The van der Waals surface area contributed by atoms with Crippen molar-refractivity contribution in [1.29, 1.82) is 0 Å². The third-order valence-corrected chi connectivity index (χ3v) is 4.21. The summed E-state index contributed by atoms with van der Waals surface area (Å²) in [5, 5.41) is 12.2. The first-order chi connectivity index (χ1) is 9.88. The molecule has 1 aliphatic heterocycles. The summed E-state index contributed by atoms with van der Waals surface area (Å²) in [6.45, 7) is 11.3. The van der Waals surface area contributed by atoms with E-state index in [2.05, 4.69) is 24.1 Å². The van der Waals surface area contributed by atoms with Crippen molar-refractivity contribution in [2.45, 2.75) is 52.6 Å². The van der Waals surface area contributed by atoms with Crippen LogP contribution in [0.25, 0.3) is 0 Å². The predicted molar refractivity (Wildman–Crippen MR) is 82.3 cm³/mol. The Kier molecular flexibility index (Phi) is 6.95. The Morgan fingerprint density at radius 2 is 2.00 bits per heavy atom. The predicted octanol–water partition coefficient (Wildman–Crippen LogP) is 1.61. The van der Waals surface area contributed by atoms with Gasteiger partial charge in [0.25, 0.3) is 0 Å². The molecule has 1 heterocycles. The summed E-state index contributed by atoms with van der Waals surface area (Å²) in [4.78, 5) is 27.4. The number of urea groups is 1. The average Bonchev–Trinajstić information content (AvgIpc) is 2.44. The number of likely N-dealkylation sites (N-methyl/N-ethyl adjacent to an activating group) is 1. The maximum absolute atomic E-state index is 12.3. The molecule has 0 aromatic heterocycles. The molecule has 0 aromatic carbocycles. The topological polar surface area (TPSA) is 72.9 Å². The Morgan fingerprint density at radius 3 is 2.52 bits per heavy atom. The summed E-state index contributed by atoms with van der Waals surface area (Å²) in [6, 6.07) is -0.949. The Balaban J connectivity index is 2.58. The third kappa shape index (κ3) is 5.19. The maximum Gasteiger partial charge on any atom is 0.326 e.